The number of rotatable bonds is 3. The molecule has 0 saturated heterocycles. The molecule has 3 rings (SSSR count). The van der Waals surface area contributed by atoms with E-state index in [0.29, 0.717) is 23.8 Å². The molecule has 0 bridgehead atoms. The minimum absolute atomic E-state index is 0.431. The molecule has 0 radical (unpaired) electrons. The molecule has 0 fully saturated rings. The SMILES string of the molecule is Nc1ccc(Br)cc1-c1nc(Cc2ccc(Br)cc2)no1. The lowest BCUT2D eigenvalue weighted by Gasteiger charge is -2.00. The zero-order valence-electron chi connectivity index (χ0n) is 10.9. The third-order valence-corrected chi connectivity index (χ3v) is 4.01. The summed E-state index contributed by atoms with van der Waals surface area (Å²) in [6.07, 6.45) is 0.616. The van der Waals surface area contributed by atoms with Gasteiger partial charge in [0, 0.05) is 21.1 Å². The molecule has 3 aromatic rings. The Hall–Kier alpha value is -1.66. The molecular weight excluding hydrogens is 398 g/mol. The van der Waals surface area contributed by atoms with Gasteiger partial charge in [-0.2, -0.15) is 4.98 Å². The van der Waals surface area contributed by atoms with Crippen LogP contribution in [0.15, 0.2) is 55.9 Å². The van der Waals surface area contributed by atoms with E-state index in [2.05, 4.69) is 42.0 Å². The van der Waals surface area contributed by atoms with Gasteiger partial charge in [-0.3, -0.25) is 0 Å². The van der Waals surface area contributed by atoms with Crippen molar-refractivity contribution >= 4 is 37.5 Å². The van der Waals surface area contributed by atoms with Gasteiger partial charge in [0.15, 0.2) is 5.82 Å². The minimum atomic E-state index is 0.431. The molecule has 0 aliphatic rings. The van der Waals surface area contributed by atoms with E-state index in [4.69, 9.17) is 10.3 Å². The second-order valence-electron chi connectivity index (χ2n) is 4.55. The Morgan fingerprint density at radius 3 is 2.48 bits per heavy atom. The molecule has 0 atom stereocenters. The number of benzene rings is 2. The number of nitrogens with zero attached hydrogens (tertiary/aromatic N) is 2. The van der Waals surface area contributed by atoms with Gasteiger partial charge < -0.3 is 10.3 Å². The fourth-order valence-electron chi connectivity index (χ4n) is 1.93. The number of hydrogen-bond acceptors (Lipinski definition) is 4. The number of nitrogen functional groups attached to an aromatic ring is 1. The molecule has 21 heavy (non-hydrogen) atoms. The summed E-state index contributed by atoms with van der Waals surface area (Å²) < 4.78 is 7.27. The quantitative estimate of drug-likeness (QED) is 0.650. The normalized spacial score (nSPS) is 10.8. The molecule has 4 nitrogen and oxygen atoms in total. The molecule has 0 aliphatic heterocycles. The summed E-state index contributed by atoms with van der Waals surface area (Å²) in [6, 6.07) is 13.6. The van der Waals surface area contributed by atoms with Crippen LogP contribution in [0.5, 0.6) is 0 Å². The Labute approximate surface area is 138 Å². The molecule has 0 unspecified atom stereocenters. The standard InChI is InChI=1S/C15H11Br2N3O/c16-10-3-1-9(2-4-10)7-14-19-15(21-20-14)12-8-11(17)5-6-13(12)18/h1-6,8H,7,18H2. The molecule has 0 amide bonds. The average molecular weight is 409 g/mol. The van der Waals surface area contributed by atoms with E-state index in [-0.39, 0.29) is 0 Å². The van der Waals surface area contributed by atoms with Crippen molar-refractivity contribution in [2.45, 2.75) is 6.42 Å². The summed E-state index contributed by atoms with van der Waals surface area (Å²) in [4.78, 5) is 4.41. The maximum Gasteiger partial charge on any atom is 0.260 e. The first-order valence-corrected chi connectivity index (χ1v) is 7.83. The highest BCUT2D eigenvalue weighted by Gasteiger charge is 2.12. The Bertz CT molecular complexity index is 769. The van der Waals surface area contributed by atoms with Crippen LogP contribution in [0, 0.1) is 0 Å². The fraction of sp³-hybridized carbons (Fsp3) is 0.0667. The molecular formula is C15H11Br2N3O. The third-order valence-electron chi connectivity index (χ3n) is 2.99. The summed E-state index contributed by atoms with van der Waals surface area (Å²) in [6.45, 7) is 0. The van der Waals surface area contributed by atoms with Crippen LogP contribution in [0.3, 0.4) is 0 Å². The first-order valence-electron chi connectivity index (χ1n) is 6.24. The van der Waals surface area contributed by atoms with Crippen LogP contribution >= 0.6 is 31.9 Å². The summed E-state index contributed by atoms with van der Waals surface area (Å²) in [5.41, 5.74) is 8.41. The number of aromatic nitrogens is 2. The predicted octanol–water partition coefficient (Wildman–Crippen LogP) is 4.43. The molecule has 6 heteroatoms. The summed E-state index contributed by atoms with van der Waals surface area (Å²) >= 11 is 6.82. The Kier molecular flexibility index (Phi) is 4.07. The summed E-state index contributed by atoms with van der Waals surface area (Å²) in [5.74, 6) is 1.06. The number of nitrogens with two attached hydrogens (primary N) is 1. The molecule has 106 valence electrons. The van der Waals surface area contributed by atoms with Gasteiger partial charge in [0.2, 0.25) is 0 Å². The van der Waals surface area contributed by atoms with E-state index in [1.807, 2.05) is 36.4 Å². The van der Waals surface area contributed by atoms with Gasteiger partial charge in [0.05, 0.1) is 5.56 Å². The van der Waals surface area contributed by atoms with Gasteiger partial charge in [0.1, 0.15) is 0 Å². The number of halogens is 2. The van der Waals surface area contributed by atoms with Crippen molar-refractivity contribution in [2.75, 3.05) is 5.73 Å². The second kappa shape index (κ2) is 5.99. The molecule has 2 aromatic carbocycles. The largest absolute Gasteiger partial charge is 0.398 e. The summed E-state index contributed by atoms with van der Waals surface area (Å²) in [5, 5.41) is 4.01. The van der Waals surface area contributed by atoms with Crippen molar-refractivity contribution < 1.29 is 4.52 Å². The highest BCUT2D eigenvalue weighted by atomic mass is 79.9. The van der Waals surface area contributed by atoms with Crippen LogP contribution in [0.4, 0.5) is 5.69 Å². The molecule has 1 aromatic heterocycles. The van der Waals surface area contributed by atoms with Crippen LogP contribution in [0.2, 0.25) is 0 Å². The molecule has 1 heterocycles. The Balaban J connectivity index is 1.86. The van der Waals surface area contributed by atoms with Gasteiger partial charge in [-0.05, 0) is 35.9 Å². The van der Waals surface area contributed by atoms with Crippen molar-refractivity contribution in [2.24, 2.45) is 0 Å². The van der Waals surface area contributed by atoms with Gasteiger partial charge in [-0.1, -0.05) is 49.1 Å². The fourth-order valence-corrected chi connectivity index (χ4v) is 2.56. The van der Waals surface area contributed by atoms with Crippen LogP contribution in [-0.2, 0) is 6.42 Å². The van der Waals surface area contributed by atoms with Crippen molar-refractivity contribution in [3.8, 4) is 11.5 Å². The van der Waals surface area contributed by atoms with Crippen molar-refractivity contribution in [3.63, 3.8) is 0 Å². The van der Waals surface area contributed by atoms with Crippen LogP contribution in [-0.4, -0.2) is 10.1 Å². The van der Waals surface area contributed by atoms with Crippen LogP contribution < -0.4 is 5.73 Å². The average Bonchev–Trinajstić information content (AvgIpc) is 2.92. The van der Waals surface area contributed by atoms with Gasteiger partial charge in [-0.15, -0.1) is 0 Å². The highest BCUT2D eigenvalue weighted by Crippen LogP contribution is 2.28. The number of hydrogen-bond donors (Lipinski definition) is 1. The van der Waals surface area contributed by atoms with Gasteiger partial charge >= 0.3 is 0 Å². The lowest BCUT2D eigenvalue weighted by atomic mass is 10.1. The smallest absolute Gasteiger partial charge is 0.260 e. The third kappa shape index (κ3) is 3.33. The molecule has 2 N–H and O–H groups in total. The summed E-state index contributed by atoms with van der Waals surface area (Å²) in [7, 11) is 0. The monoisotopic (exact) mass is 407 g/mol. The van der Waals surface area contributed by atoms with Crippen molar-refractivity contribution in [1.82, 2.24) is 10.1 Å². The zero-order valence-corrected chi connectivity index (χ0v) is 14.1. The maximum absolute atomic E-state index is 5.95. The minimum Gasteiger partial charge on any atom is -0.398 e. The van der Waals surface area contributed by atoms with Crippen LogP contribution in [0.25, 0.3) is 11.5 Å². The van der Waals surface area contributed by atoms with Crippen molar-refractivity contribution in [3.05, 3.63) is 62.8 Å². The lowest BCUT2D eigenvalue weighted by molar-refractivity contribution is 0.424. The Morgan fingerprint density at radius 1 is 1.00 bits per heavy atom. The van der Waals surface area contributed by atoms with Gasteiger partial charge in [-0.25, -0.2) is 0 Å². The second-order valence-corrected chi connectivity index (χ2v) is 6.38. The Morgan fingerprint density at radius 2 is 1.71 bits per heavy atom. The van der Waals surface area contributed by atoms with E-state index < -0.39 is 0 Å². The topological polar surface area (TPSA) is 64.9 Å². The van der Waals surface area contributed by atoms with E-state index in [9.17, 15) is 0 Å². The number of anilines is 1. The predicted molar refractivity (Wildman–Crippen MR) is 88.8 cm³/mol. The van der Waals surface area contributed by atoms with Crippen LogP contribution in [0.1, 0.15) is 11.4 Å². The first-order chi connectivity index (χ1) is 10.1. The van der Waals surface area contributed by atoms with Crippen molar-refractivity contribution in [1.29, 1.82) is 0 Å². The first kappa shape index (κ1) is 14.3. The maximum atomic E-state index is 5.95. The van der Waals surface area contributed by atoms with Gasteiger partial charge in [0.25, 0.3) is 5.89 Å². The van der Waals surface area contributed by atoms with E-state index in [0.717, 1.165) is 20.1 Å². The molecule has 0 spiro atoms. The molecule has 0 aliphatic carbocycles. The van der Waals surface area contributed by atoms with E-state index >= 15 is 0 Å². The van der Waals surface area contributed by atoms with E-state index in [1.54, 1.807) is 6.07 Å². The van der Waals surface area contributed by atoms with E-state index in [1.165, 1.54) is 0 Å². The zero-order chi connectivity index (χ0) is 14.8. The molecule has 0 saturated carbocycles. The highest BCUT2D eigenvalue weighted by molar-refractivity contribution is 9.10. The lowest BCUT2D eigenvalue weighted by Crippen LogP contribution is -1.92.